The first-order valence-electron chi connectivity index (χ1n) is 12.2. The summed E-state index contributed by atoms with van der Waals surface area (Å²) >= 11 is 0. The average molecular weight is 388 g/mol. The van der Waals surface area contributed by atoms with Crippen molar-refractivity contribution in [3.63, 3.8) is 0 Å². The van der Waals surface area contributed by atoms with Gasteiger partial charge in [0.05, 0.1) is 0 Å². The van der Waals surface area contributed by atoms with Gasteiger partial charge in [-0.05, 0) is 95.0 Å². The van der Waals surface area contributed by atoms with E-state index in [9.17, 15) is 0 Å². The van der Waals surface area contributed by atoms with Gasteiger partial charge in [-0.3, -0.25) is 0 Å². The Balaban J connectivity index is 2.12. The quantitative estimate of drug-likeness (QED) is 0.215. The molecule has 0 aliphatic rings. The van der Waals surface area contributed by atoms with E-state index in [0.29, 0.717) is 0 Å². The molecule has 0 fully saturated rings. The summed E-state index contributed by atoms with van der Waals surface area (Å²) in [6.45, 7) is 6.92. The van der Waals surface area contributed by atoms with Crippen molar-refractivity contribution >= 4 is 21.5 Å². The van der Waals surface area contributed by atoms with Crippen LogP contribution in [0.4, 0.5) is 0 Å². The molecule has 0 aromatic heterocycles. The third kappa shape index (κ3) is 5.62. The number of fused-ring (bicyclic) bond motifs is 2. The highest BCUT2D eigenvalue weighted by Crippen LogP contribution is 2.33. The van der Waals surface area contributed by atoms with Crippen LogP contribution in [0.3, 0.4) is 0 Å². The molecule has 29 heavy (non-hydrogen) atoms. The highest BCUT2D eigenvalue weighted by Gasteiger charge is 2.14. The van der Waals surface area contributed by atoms with Gasteiger partial charge >= 0.3 is 0 Å². The number of benzene rings is 3. The second-order valence-electron chi connectivity index (χ2n) is 8.68. The Kier molecular flexibility index (Phi) is 8.59. The molecular formula is C29H39. The largest absolute Gasteiger partial charge is 0.0654 e. The van der Waals surface area contributed by atoms with Crippen LogP contribution in [0.5, 0.6) is 0 Å². The predicted octanol–water partition coefficient (Wildman–Crippen LogP) is 8.99. The standard InChI is InChI=1S/C29H39/c1-4-7-10-17-25-21-26-20-23-15-13-14-16-24(23)22-29(26)28(19-12-9-6-3)27(25)18-11-8-5-2/h13-16,20,22H,4-12,17-19H2,1-3H3. The first-order chi connectivity index (χ1) is 14.3. The third-order valence-electron chi connectivity index (χ3n) is 6.32. The molecule has 0 N–H and O–H groups in total. The van der Waals surface area contributed by atoms with E-state index in [4.69, 9.17) is 0 Å². The number of unbranched alkanes of at least 4 members (excludes halogenated alkanes) is 6. The smallest absolute Gasteiger partial charge is 0.00610 e. The molecule has 0 nitrogen and oxygen atoms in total. The summed E-state index contributed by atoms with van der Waals surface area (Å²) in [4.78, 5) is 0. The Hall–Kier alpha value is -1.82. The van der Waals surface area contributed by atoms with E-state index in [1.54, 1.807) is 11.1 Å². The number of aryl methyl sites for hydroxylation is 2. The lowest BCUT2D eigenvalue weighted by atomic mass is 9.85. The highest BCUT2D eigenvalue weighted by molar-refractivity contribution is 6.00. The fourth-order valence-corrected chi connectivity index (χ4v) is 4.63. The lowest BCUT2D eigenvalue weighted by Crippen LogP contribution is -2.04. The zero-order valence-corrected chi connectivity index (χ0v) is 18.9. The molecule has 0 atom stereocenters. The summed E-state index contributed by atoms with van der Waals surface area (Å²) in [7, 11) is 0. The topological polar surface area (TPSA) is 0 Å². The molecule has 0 spiro atoms. The molecule has 0 aliphatic heterocycles. The first-order valence-corrected chi connectivity index (χ1v) is 12.2. The zero-order chi connectivity index (χ0) is 20.5. The van der Waals surface area contributed by atoms with Crippen molar-refractivity contribution in [1.82, 2.24) is 0 Å². The lowest BCUT2D eigenvalue weighted by molar-refractivity contribution is 0.680. The molecule has 1 radical (unpaired) electrons. The Labute approximate surface area is 178 Å². The van der Waals surface area contributed by atoms with E-state index in [1.807, 2.05) is 0 Å². The first kappa shape index (κ1) is 21.9. The molecule has 155 valence electrons. The van der Waals surface area contributed by atoms with Crippen LogP contribution in [-0.2, 0) is 19.3 Å². The molecule has 0 heteroatoms. The molecule has 3 aromatic rings. The summed E-state index contributed by atoms with van der Waals surface area (Å²) in [5, 5.41) is 5.50. The Morgan fingerprint density at radius 1 is 0.621 bits per heavy atom. The minimum atomic E-state index is 1.19. The molecule has 0 saturated heterocycles. The minimum absolute atomic E-state index is 1.19. The summed E-state index contributed by atoms with van der Waals surface area (Å²) in [6, 6.07) is 17.5. The summed E-state index contributed by atoms with van der Waals surface area (Å²) in [5.41, 5.74) is 4.80. The summed E-state index contributed by atoms with van der Waals surface area (Å²) in [6.07, 6.45) is 15.4. The lowest BCUT2D eigenvalue weighted by Gasteiger charge is -2.19. The SMILES string of the molecule is CCCCCc1[c]c2cc3ccccc3cc2c(CCCCC)c1CCCCC. The van der Waals surface area contributed by atoms with Crippen LogP contribution in [-0.4, -0.2) is 0 Å². The van der Waals surface area contributed by atoms with Gasteiger partial charge < -0.3 is 0 Å². The van der Waals surface area contributed by atoms with Gasteiger partial charge in [0.2, 0.25) is 0 Å². The van der Waals surface area contributed by atoms with E-state index < -0.39 is 0 Å². The normalized spacial score (nSPS) is 11.6. The molecule has 0 saturated carbocycles. The second-order valence-corrected chi connectivity index (χ2v) is 8.68. The van der Waals surface area contributed by atoms with Crippen molar-refractivity contribution in [2.45, 2.75) is 97.8 Å². The molecule has 0 unspecified atom stereocenters. The second kappa shape index (κ2) is 11.4. The summed E-state index contributed by atoms with van der Waals surface area (Å²) < 4.78 is 0. The van der Waals surface area contributed by atoms with E-state index in [0.717, 1.165) is 0 Å². The Morgan fingerprint density at radius 2 is 1.17 bits per heavy atom. The van der Waals surface area contributed by atoms with Crippen LogP contribution in [0.15, 0.2) is 36.4 Å². The molecular weight excluding hydrogens is 348 g/mol. The Bertz CT molecular complexity index is 903. The number of hydrogen-bond acceptors (Lipinski definition) is 0. The van der Waals surface area contributed by atoms with Gasteiger partial charge in [0.1, 0.15) is 0 Å². The van der Waals surface area contributed by atoms with Crippen LogP contribution >= 0.6 is 0 Å². The summed E-state index contributed by atoms with van der Waals surface area (Å²) in [5.74, 6) is 0. The Morgan fingerprint density at radius 3 is 1.79 bits per heavy atom. The average Bonchev–Trinajstić information content (AvgIpc) is 2.74. The van der Waals surface area contributed by atoms with Crippen molar-refractivity contribution in [3.05, 3.63) is 59.2 Å². The number of hydrogen-bond donors (Lipinski definition) is 0. The van der Waals surface area contributed by atoms with Gasteiger partial charge in [0.25, 0.3) is 0 Å². The van der Waals surface area contributed by atoms with Gasteiger partial charge in [-0.2, -0.15) is 0 Å². The molecule has 0 heterocycles. The molecule has 3 rings (SSSR count). The van der Waals surface area contributed by atoms with Crippen molar-refractivity contribution in [2.75, 3.05) is 0 Å². The fraction of sp³-hybridized carbons (Fsp3) is 0.517. The van der Waals surface area contributed by atoms with Crippen molar-refractivity contribution in [2.24, 2.45) is 0 Å². The van der Waals surface area contributed by atoms with E-state index >= 15 is 0 Å². The van der Waals surface area contributed by atoms with Gasteiger partial charge in [0, 0.05) is 0 Å². The van der Waals surface area contributed by atoms with Crippen molar-refractivity contribution in [1.29, 1.82) is 0 Å². The maximum Gasteiger partial charge on any atom is -0.00610 e. The van der Waals surface area contributed by atoms with Crippen LogP contribution in [0.2, 0.25) is 0 Å². The molecule has 3 aromatic carbocycles. The van der Waals surface area contributed by atoms with E-state index in [-0.39, 0.29) is 0 Å². The van der Waals surface area contributed by atoms with Gasteiger partial charge in [-0.15, -0.1) is 0 Å². The van der Waals surface area contributed by atoms with Crippen LogP contribution in [0.1, 0.15) is 95.2 Å². The maximum absolute atomic E-state index is 3.90. The molecule has 0 amide bonds. The minimum Gasteiger partial charge on any atom is -0.0654 e. The van der Waals surface area contributed by atoms with Crippen molar-refractivity contribution in [3.8, 4) is 0 Å². The maximum atomic E-state index is 3.90. The molecule has 0 bridgehead atoms. The van der Waals surface area contributed by atoms with E-state index in [2.05, 4.69) is 63.2 Å². The van der Waals surface area contributed by atoms with Crippen LogP contribution in [0.25, 0.3) is 21.5 Å². The highest BCUT2D eigenvalue weighted by atomic mass is 14.2. The zero-order valence-electron chi connectivity index (χ0n) is 18.9. The fourth-order valence-electron chi connectivity index (χ4n) is 4.63. The van der Waals surface area contributed by atoms with Crippen LogP contribution < -0.4 is 0 Å². The van der Waals surface area contributed by atoms with Gasteiger partial charge in [-0.25, -0.2) is 0 Å². The number of rotatable bonds is 12. The predicted molar refractivity (Wildman–Crippen MR) is 130 cm³/mol. The van der Waals surface area contributed by atoms with Gasteiger partial charge in [-0.1, -0.05) is 83.6 Å². The van der Waals surface area contributed by atoms with E-state index in [1.165, 1.54) is 104 Å². The molecule has 0 aliphatic carbocycles. The van der Waals surface area contributed by atoms with Crippen molar-refractivity contribution < 1.29 is 0 Å². The van der Waals surface area contributed by atoms with Gasteiger partial charge in [0.15, 0.2) is 0 Å². The van der Waals surface area contributed by atoms with Crippen LogP contribution in [0, 0.1) is 6.07 Å². The third-order valence-corrected chi connectivity index (χ3v) is 6.32. The monoisotopic (exact) mass is 387 g/mol.